The summed E-state index contributed by atoms with van der Waals surface area (Å²) in [5, 5.41) is 8.94. The van der Waals surface area contributed by atoms with Gasteiger partial charge in [-0.15, -0.1) is 0 Å². The Morgan fingerprint density at radius 1 is 1.27 bits per heavy atom. The van der Waals surface area contributed by atoms with Gasteiger partial charge in [-0.3, -0.25) is 14.4 Å². The number of carbonyl (C=O) groups is 1. The zero-order chi connectivity index (χ0) is 21.4. The third-order valence-electron chi connectivity index (χ3n) is 6.20. The van der Waals surface area contributed by atoms with Gasteiger partial charge in [0, 0.05) is 81.0 Å². The summed E-state index contributed by atoms with van der Waals surface area (Å²) in [5.74, 6) is 1.17. The Morgan fingerprint density at radius 3 is 2.73 bits per heavy atom. The largest absolute Gasteiger partial charge is 0.497 e. The quantitative estimate of drug-likeness (QED) is 0.680. The van der Waals surface area contributed by atoms with E-state index in [1.54, 1.807) is 7.11 Å². The van der Waals surface area contributed by atoms with E-state index in [0.29, 0.717) is 6.42 Å². The van der Waals surface area contributed by atoms with Gasteiger partial charge in [-0.2, -0.15) is 5.10 Å². The van der Waals surface area contributed by atoms with Gasteiger partial charge in [-0.1, -0.05) is 6.92 Å². The Kier molecular flexibility index (Phi) is 5.56. The van der Waals surface area contributed by atoms with Crippen LogP contribution in [0, 0.1) is 6.92 Å². The molecule has 1 amide bonds. The van der Waals surface area contributed by atoms with Crippen molar-refractivity contribution >= 4 is 16.8 Å². The van der Waals surface area contributed by atoms with E-state index < -0.39 is 0 Å². The van der Waals surface area contributed by atoms with E-state index in [0.717, 1.165) is 31.1 Å². The molecular formula is C23H31N5O2. The molecule has 1 saturated heterocycles. The first-order chi connectivity index (χ1) is 14.4. The molecule has 1 aliphatic heterocycles. The van der Waals surface area contributed by atoms with Gasteiger partial charge < -0.3 is 14.6 Å². The number of aryl methyl sites for hydroxylation is 3. The fraction of sp³-hybridized carbons (Fsp3) is 0.478. The lowest BCUT2D eigenvalue weighted by Crippen LogP contribution is -2.39. The number of fused-ring (bicyclic) bond motifs is 1. The first kappa shape index (κ1) is 20.5. The molecule has 2 atom stereocenters. The SMILES string of the molecule is CCC(=O)N[C@H]1CN(Cc2cn(C)nc2C)C[C@@H]1c1cn(C)c2ccc(OC)cc12. The fourth-order valence-electron chi connectivity index (χ4n) is 4.65. The number of likely N-dealkylation sites (tertiary alicyclic amines) is 1. The molecule has 7 nitrogen and oxygen atoms in total. The second-order valence-corrected chi connectivity index (χ2v) is 8.32. The molecule has 0 unspecified atom stereocenters. The van der Waals surface area contributed by atoms with Crippen LogP contribution in [0.15, 0.2) is 30.6 Å². The monoisotopic (exact) mass is 409 g/mol. The van der Waals surface area contributed by atoms with Gasteiger partial charge in [0.1, 0.15) is 5.75 Å². The van der Waals surface area contributed by atoms with Crippen molar-refractivity contribution in [2.24, 2.45) is 14.1 Å². The second kappa shape index (κ2) is 8.14. The van der Waals surface area contributed by atoms with Gasteiger partial charge in [0.2, 0.25) is 5.91 Å². The Balaban J connectivity index is 1.68. The molecule has 2 aromatic heterocycles. The van der Waals surface area contributed by atoms with Crippen molar-refractivity contribution in [3.8, 4) is 5.75 Å². The molecule has 160 valence electrons. The van der Waals surface area contributed by atoms with E-state index >= 15 is 0 Å². The van der Waals surface area contributed by atoms with Crippen molar-refractivity contribution in [3.05, 3.63) is 47.4 Å². The number of methoxy groups -OCH3 is 1. The van der Waals surface area contributed by atoms with E-state index in [-0.39, 0.29) is 17.9 Å². The lowest BCUT2D eigenvalue weighted by Gasteiger charge is -2.19. The van der Waals surface area contributed by atoms with Gasteiger partial charge in [0.25, 0.3) is 0 Å². The molecule has 0 bridgehead atoms. The Bertz CT molecular complexity index is 1070. The average Bonchev–Trinajstić information content (AvgIpc) is 3.37. The maximum Gasteiger partial charge on any atom is 0.219 e. The van der Waals surface area contributed by atoms with E-state index in [9.17, 15) is 4.79 Å². The summed E-state index contributed by atoms with van der Waals surface area (Å²) in [6.45, 7) is 6.50. The summed E-state index contributed by atoms with van der Waals surface area (Å²) in [7, 11) is 5.72. The van der Waals surface area contributed by atoms with Crippen LogP contribution in [0.5, 0.6) is 5.75 Å². The van der Waals surface area contributed by atoms with E-state index in [1.165, 1.54) is 22.0 Å². The van der Waals surface area contributed by atoms with Crippen molar-refractivity contribution in [2.75, 3.05) is 20.2 Å². The summed E-state index contributed by atoms with van der Waals surface area (Å²) in [5.41, 5.74) is 4.73. The fourth-order valence-corrected chi connectivity index (χ4v) is 4.65. The molecule has 3 heterocycles. The summed E-state index contributed by atoms with van der Waals surface area (Å²) in [6.07, 6.45) is 4.79. The van der Waals surface area contributed by atoms with Crippen molar-refractivity contribution < 1.29 is 9.53 Å². The standard InChI is InChI=1S/C23H31N5O2/c1-6-23(29)24-21-14-28(11-16-10-27(4)25-15(16)2)13-20(21)19-12-26(3)22-8-7-17(30-5)9-18(19)22/h7-10,12,20-21H,6,11,13-14H2,1-5H3,(H,24,29)/t20-,21+/m1/s1. The molecule has 0 saturated carbocycles. The van der Waals surface area contributed by atoms with E-state index in [4.69, 9.17) is 4.74 Å². The molecule has 0 aliphatic carbocycles. The molecule has 7 heteroatoms. The van der Waals surface area contributed by atoms with Gasteiger partial charge >= 0.3 is 0 Å². The summed E-state index contributed by atoms with van der Waals surface area (Å²) >= 11 is 0. The van der Waals surface area contributed by atoms with Crippen LogP contribution in [0.4, 0.5) is 0 Å². The number of nitrogens with one attached hydrogen (secondary N) is 1. The molecule has 4 rings (SSSR count). The van der Waals surface area contributed by atoms with Crippen LogP contribution in [0.25, 0.3) is 10.9 Å². The number of ether oxygens (including phenoxy) is 1. The lowest BCUT2D eigenvalue weighted by atomic mass is 9.93. The molecule has 30 heavy (non-hydrogen) atoms. The number of benzene rings is 1. The van der Waals surface area contributed by atoms with Crippen LogP contribution in [0.3, 0.4) is 0 Å². The number of rotatable bonds is 6. The minimum atomic E-state index is 0.0752. The number of aromatic nitrogens is 3. The van der Waals surface area contributed by atoms with Crippen molar-refractivity contribution in [2.45, 2.75) is 38.8 Å². The second-order valence-electron chi connectivity index (χ2n) is 8.32. The topological polar surface area (TPSA) is 64.3 Å². The highest BCUT2D eigenvalue weighted by atomic mass is 16.5. The molecule has 0 radical (unpaired) electrons. The van der Waals surface area contributed by atoms with Crippen LogP contribution in [0.2, 0.25) is 0 Å². The highest BCUT2D eigenvalue weighted by Gasteiger charge is 2.36. The maximum atomic E-state index is 12.3. The third-order valence-corrected chi connectivity index (χ3v) is 6.20. The predicted octanol–water partition coefficient (Wildman–Crippen LogP) is 2.72. The zero-order valence-corrected chi connectivity index (χ0v) is 18.5. The van der Waals surface area contributed by atoms with Gasteiger partial charge in [0.15, 0.2) is 0 Å². The van der Waals surface area contributed by atoms with Crippen LogP contribution >= 0.6 is 0 Å². The van der Waals surface area contributed by atoms with E-state index in [2.05, 4.69) is 58.4 Å². The summed E-state index contributed by atoms with van der Waals surface area (Å²) in [6, 6.07) is 6.28. The smallest absolute Gasteiger partial charge is 0.219 e. The Labute approximate surface area is 177 Å². The first-order valence-corrected chi connectivity index (χ1v) is 10.5. The Morgan fingerprint density at radius 2 is 2.07 bits per heavy atom. The van der Waals surface area contributed by atoms with Crippen LogP contribution in [-0.2, 0) is 25.4 Å². The van der Waals surface area contributed by atoms with Crippen molar-refractivity contribution in [1.82, 2.24) is 24.6 Å². The van der Waals surface area contributed by atoms with Gasteiger partial charge in [0.05, 0.1) is 12.8 Å². The minimum Gasteiger partial charge on any atom is -0.497 e. The summed E-state index contributed by atoms with van der Waals surface area (Å²) in [4.78, 5) is 14.7. The van der Waals surface area contributed by atoms with Crippen LogP contribution < -0.4 is 10.1 Å². The molecule has 3 aromatic rings. The number of amides is 1. The molecule has 1 aromatic carbocycles. The Hall–Kier alpha value is -2.80. The van der Waals surface area contributed by atoms with Crippen molar-refractivity contribution in [1.29, 1.82) is 0 Å². The molecule has 1 N–H and O–H groups in total. The number of hydrogen-bond acceptors (Lipinski definition) is 4. The zero-order valence-electron chi connectivity index (χ0n) is 18.5. The van der Waals surface area contributed by atoms with Crippen LogP contribution in [-0.4, -0.2) is 51.4 Å². The van der Waals surface area contributed by atoms with Gasteiger partial charge in [-0.05, 0) is 30.7 Å². The maximum absolute atomic E-state index is 12.3. The predicted molar refractivity (Wildman–Crippen MR) is 118 cm³/mol. The highest BCUT2D eigenvalue weighted by Crippen LogP contribution is 2.36. The number of carbonyl (C=O) groups excluding carboxylic acids is 1. The van der Waals surface area contributed by atoms with E-state index in [1.807, 2.05) is 24.7 Å². The number of nitrogens with zero attached hydrogens (tertiary/aromatic N) is 4. The lowest BCUT2D eigenvalue weighted by molar-refractivity contribution is -0.121. The third kappa shape index (κ3) is 3.81. The average molecular weight is 410 g/mol. The number of hydrogen-bond donors (Lipinski definition) is 1. The first-order valence-electron chi connectivity index (χ1n) is 10.5. The minimum absolute atomic E-state index is 0.0752. The molecule has 1 aliphatic rings. The molecule has 0 spiro atoms. The van der Waals surface area contributed by atoms with Gasteiger partial charge in [-0.25, -0.2) is 0 Å². The molecule has 1 fully saturated rings. The van der Waals surface area contributed by atoms with Crippen molar-refractivity contribution in [3.63, 3.8) is 0 Å². The van der Waals surface area contributed by atoms with Crippen LogP contribution in [0.1, 0.15) is 36.1 Å². The summed E-state index contributed by atoms with van der Waals surface area (Å²) < 4.78 is 9.50. The normalized spacial score (nSPS) is 19.5. The molecular weight excluding hydrogens is 378 g/mol. The highest BCUT2D eigenvalue weighted by molar-refractivity contribution is 5.86.